The van der Waals surface area contributed by atoms with Crippen LogP contribution in [0.25, 0.3) is 11.2 Å². The van der Waals surface area contributed by atoms with Gasteiger partial charge in [0.25, 0.3) is 5.91 Å². The van der Waals surface area contributed by atoms with Gasteiger partial charge >= 0.3 is 17.1 Å². The minimum atomic E-state index is -3.06. The van der Waals surface area contributed by atoms with Gasteiger partial charge in [-0.1, -0.05) is 85.2 Å². The Morgan fingerprint density at radius 3 is 2.34 bits per heavy atom. The maximum Gasteiger partial charge on any atom is 0.335 e. The number of imidazole rings is 1. The van der Waals surface area contributed by atoms with Gasteiger partial charge in [0.1, 0.15) is 30.3 Å². The molecule has 4 aromatic rings. The number of anilines is 1. The van der Waals surface area contributed by atoms with Crippen molar-refractivity contribution < 1.29 is 27.2 Å². The standard InChI is InChI=1S/C39H56N6O6Si2/c1-23(2)52(24(3)4)48-20-32-35(50-53(51-52,25(5)6)26(7)8)33(44-38(46)29-13-12-14-31(18-29)47-11)39(49-32)45-22-43-34-36(41-21-42-37(34)45)40-19-30-17-27(9)15-16-28(30)10/h12-18,21-26,32-33,35,39H,19-20H2,1-11H3,(H,44,46)(H,40,41,42)/t32-,33-,35-,39-/m1/s1. The van der Waals surface area contributed by atoms with Crippen LogP contribution in [0.3, 0.4) is 0 Å². The van der Waals surface area contributed by atoms with Crippen molar-refractivity contribution >= 4 is 40.0 Å². The molecule has 0 bridgehead atoms. The van der Waals surface area contributed by atoms with Gasteiger partial charge in [0, 0.05) is 12.1 Å². The fourth-order valence-electron chi connectivity index (χ4n) is 7.88. The molecule has 12 nitrogen and oxygen atoms in total. The number of nitrogens with zero attached hydrogens (tertiary/aromatic N) is 4. The van der Waals surface area contributed by atoms with Crippen LogP contribution in [-0.4, -0.2) is 74.5 Å². The predicted molar refractivity (Wildman–Crippen MR) is 211 cm³/mol. The Labute approximate surface area is 315 Å². The molecule has 4 atom stereocenters. The Morgan fingerprint density at radius 1 is 0.943 bits per heavy atom. The van der Waals surface area contributed by atoms with Crippen molar-refractivity contribution in [2.75, 3.05) is 19.0 Å². The van der Waals surface area contributed by atoms with Crippen LogP contribution in [0.15, 0.2) is 55.1 Å². The SMILES string of the molecule is COc1cccc(C(=O)N[C@@H]2[C@@H]3O[Si](C(C)C)(C(C)C)O[Si](C(C)C)(C(C)C)OC[C@H]3O[C@H]2n2cnc3c(NCc4cc(C)ccc4C)ncnc32)c1. The second kappa shape index (κ2) is 15.6. The molecule has 2 N–H and O–H groups in total. The van der Waals surface area contributed by atoms with Gasteiger partial charge in [-0.15, -0.1) is 0 Å². The lowest BCUT2D eigenvalue weighted by Crippen LogP contribution is -2.66. The monoisotopic (exact) mass is 760 g/mol. The van der Waals surface area contributed by atoms with E-state index in [9.17, 15) is 4.79 Å². The van der Waals surface area contributed by atoms with Crippen LogP contribution in [0, 0.1) is 13.8 Å². The van der Waals surface area contributed by atoms with E-state index in [-0.39, 0.29) is 34.7 Å². The number of aryl methyl sites for hydroxylation is 2. The number of nitrogens with one attached hydrogen (secondary N) is 2. The van der Waals surface area contributed by atoms with Gasteiger partial charge in [-0.05, 0) is 65.3 Å². The smallest absolute Gasteiger partial charge is 0.335 e. The van der Waals surface area contributed by atoms with E-state index in [2.05, 4.69) is 103 Å². The van der Waals surface area contributed by atoms with E-state index in [1.54, 1.807) is 31.6 Å². The summed E-state index contributed by atoms with van der Waals surface area (Å²) in [6.45, 7) is 22.6. The summed E-state index contributed by atoms with van der Waals surface area (Å²) >= 11 is 0. The summed E-state index contributed by atoms with van der Waals surface area (Å²) < 4.78 is 36.3. The van der Waals surface area contributed by atoms with E-state index in [4.69, 9.17) is 32.4 Å². The normalized spacial score (nSPS) is 22.6. The molecule has 0 unspecified atom stereocenters. The molecule has 2 fully saturated rings. The molecule has 53 heavy (non-hydrogen) atoms. The molecule has 14 heteroatoms. The van der Waals surface area contributed by atoms with E-state index in [0.717, 1.165) is 0 Å². The van der Waals surface area contributed by atoms with Gasteiger partial charge < -0.3 is 33.1 Å². The maximum atomic E-state index is 14.1. The van der Waals surface area contributed by atoms with Crippen LogP contribution in [-0.2, 0) is 24.2 Å². The number of fused-ring (bicyclic) bond motifs is 2. The summed E-state index contributed by atoms with van der Waals surface area (Å²) in [6.07, 6.45) is 1.42. The summed E-state index contributed by atoms with van der Waals surface area (Å²) in [5, 5.41) is 6.81. The Morgan fingerprint density at radius 2 is 1.66 bits per heavy atom. The highest BCUT2D eigenvalue weighted by Gasteiger charge is 2.62. The molecule has 2 aliphatic heterocycles. The fourth-order valence-corrected chi connectivity index (χ4v) is 19.1. The molecular formula is C39H56N6O6Si2. The molecule has 4 heterocycles. The van der Waals surface area contributed by atoms with Crippen molar-refractivity contribution in [1.29, 1.82) is 0 Å². The first kappa shape index (κ1) is 39.0. The molecule has 0 aliphatic carbocycles. The zero-order valence-electron chi connectivity index (χ0n) is 33.0. The van der Waals surface area contributed by atoms with Gasteiger partial charge in [-0.3, -0.25) is 9.36 Å². The molecule has 0 spiro atoms. The summed E-state index contributed by atoms with van der Waals surface area (Å²) in [4.78, 5) is 28.2. The van der Waals surface area contributed by atoms with Gasteiger partial charge in [-0.2, -0.15) is 0 Å². The molecule has 6 rings (SSSR count). The van der Waals surface area contributed by atoms with Crippen LogP contribution in [0.5, 0.6) is 5.75 Å². The minimum Gasteiger partial charge on any atom is -0.497 e. The fraction of sp³-hybridized carbons (Fsp3) is 0.538. The molecule has 2 saturated heterocycles. The number of hydrogen-bond acceptors (Lipinski definition) is 10. The highest BCUT2D eigenvalue weighted by molar-refractivity contribution is 6.84. The molecule has 2 aromatic carbocycles. The lowest BCUT2D eigenvalue weighted by Gasteiger charge is -2.51. The highest BCUT2D eigenvalue weighted by Crippen LogP contribution is 2.48. The Hall–Kier alpha value is -3.67. The van der Waals surface area contributed by atoms with Gasteiger partial charge in [0.15, 0.2) is 23.2 Å². The number of aromatic nitrogens is 4. The van der Waals surface area contributed by atoms with Crippen molar-refractivity contribution in [1.82, 2.24) is 24.8 Å². The first-order chi connectivity index (χ1) is 25.2. The van der Waals surface area contributed by atoms with Gasteiger partial charge in [0.2, 0.25) is 0 Å². The van der Waals surface area contributed by atoms with Crippen molar-refractivity contribution in [3.63, 3.8) is 0 Å². The first-order valence-corrected chi connectivity index (χ1v) is 22.7. The molecular weight excluding hydrogens is 705 g/mol. The largest absolute Gasteiger partial charge is 0.497 e. The zero-order chi connectivity index (χ0) is 38.2. The Kier molecular flexibility index (Phi) is 11.5. The number of amides is 1. The second-order valence-corrected chi connectivity index (χ2v) is 24.5. The number of rotatable bonds is 11. The average Bonchev–Trinajstić information content (AvgIpc) is 3.69. The number of methoxy groups -OCH3 is 1. The van der Waals surface area contributed by atoms with E-state index in [0.29, 0.717) is 34.8 Å². The number of carbonyl (C=O) groups excluding carboxylic acids is 1. The van der Waals surface area contributed by atoms with Crippen molar-refractivity contribution in [3.05, 3.63) is 77.4 Å². The lowest BCUT2D eigenvalue weighted by atomic mass is 10.1. The first-order valence-electron chi connectivity index (χ1n) is 18.8. The number of hydrogen-bond donors (Lipinski definition) is 2. The van der Waals surface area contributed by atoms with Gasteiger partial charge in [-0.25, -0.2) is 15.0 Å². The van der Waals surface area contributed by atoms with Crippen LogP contribution in [0.1, 0.15) is 88.7 Å². The maximum absolute atomic E-state index is 14.1. The third-order valence-corrected chi connectivity index (χ3v) is 21.1. The van der Waals surface area contributed by atoms with Gasteiger partial charge in [0.05, 0.1) is 20.0 Å². The molecule has 1 amide bonds. The predicted octanol–water partition coefficient (Wildman–Crippen LogP) is 7.72. The highest BCUT2D eigenvalue weighted by atomic mass is 28.5. The van der Waals surface area contributed by atoms with Crippen molar-refractivity contribution in [3.8, 4) is 5.75 Å². The van der Waals surface area contributed by atoms with Crippen LogP contribution in [0.2, 0.25) is 22.2 Å². The molecule has 2 aromatic heterocycles. The summed E-state index contributed by atoms with van der Waals surface area (Å²) in [5.74, 6) is 0.922. The van der Waals surface area contributed by atoms with E-state index >= 15 is 0 Å². The minimum absolute atomic E-state index is 0.0931. The molecule has 0 saturated carbocycles. The third-order valence-electron chi connectivity index (χ3n) is 10.9. The third kappa shape index (κ3) is 7.41. The van der Waals surface area contributed by atoms with Crippen LogP contribution < -0.4 is 15.4 Å². The van der Waals surface area contributed by atoms with Crippen molar-refractivity contribution in [2.45, 2.75) is 122 Å². The lowest BCUT2D eigenvalue weighted by molar-refractivity contribution is -0.0547. The average molecular weight is 761 g/mol. The topological polar surface area (TPSA) is 131 Å². The van der Waals surface area contributed by atoms with Crippen molar-refractivity contribution in [2.24, 2.45) is 0 Å². The quantitative estimate of drug-likeness (QED) is 0.147. The number of ether oxygens (including phenoxy) is 2. The second-order valence-electron chi connectivity index (χ2n) is 15.7. The Balaban J connectivity index is 1.43. The van der Waals surface area contributed by atoms with Crippen LogP contribution in [0.4, 0.5) is 5.82 Å². The zero-order valence-corrected chi connectivity index (χ0v) is 35.0. The molecule has 0 radical (unpaired) electrons. The molecule has 2 aliphatic rings. The summed E-state index contributed by atoms with van der Waals surface area (Å²) in [7, 11) is -4.31. The Bertz CT molecular complexity index is 1900. The number of carbonyl (C=O) groups is 1. The van der Waals surface area contributed by atoms with Crippen LogP contribution >= 0.6 is 0 Å². The summed E-state index contributed by atoms with van der Waals surface area (Å²) in [5.41, 5.74) is 5.74. The summed E-state index contributed by atoms with van der Waals surface area (Å²) in [6, 6.07) is 12.9. The molecule has 286 valence electrons. The van der Waals surface area contributed by atoms with E-state index in [1.807, 2.05) is 10.6 Å². The van der Waals surface area contributed by atoms with E-state index < -0.39 is 41.6 Å². The number of benzene rings is 2. The van der Waals surface area contributed by atoms with E-state index in [1.165, 1.54) is 23.0 Å².